The lowest BCUT2D eigenvalue weighted by Gasteiger charge is -2.19. The lowest BCUT2D eigenvalue weighted by Crippen LogP contribution is -2.33. The first kappa shape index (κ1) is 8.78. The quantitative estimate of drug-likeness (QED) is 0.549. The zero-order chi connectivity index (χ0) is 7.49. The molecule has 0 aliphatic rings. The van der Waals surface area contributed by atoms with E-state index in [1.165, 1.54) is 14.2 Å². The maximum absolute atomic E-state index is 12.1. The Morgan fingerprint density at radius 1 is 1.22 bits per heavy atom. The van der Waals surface area contributed by atoms with Crippen LogP contribution in [0.3, 0.4) is 0 Å². The summed E-state index contributed by atoms with van der Waals surface area (Å²) in [5, 5.41) is 0. The number of ether oxygens (including phenoxy) is 2. The van der Waals surface area contributed by atoms with E-state index in [-0.39, 0.29) is 0 Å². The van der Waals surface area contributed by atoms with Gasteiger partial charge in [-0.3, -0.25) is 0 Å². The first-order valence-electron chi connectivity index (χ1n) is 2.45. The molecule has 0 aromatic heterocycles. The summed E-state index contributed by atoms with van der Waals surface area (Å²) < 4.78 is 32.9. The van der Waals surface area contributed by atoms with Crippen molar-refractivity contribution in [3.8, 4) is 0 Å². The van der Waals surface area contributed by atoms with Crippen LogP contribution >= 0.6 is 0 Å². The number of hydrogen-bond donors (Lipinski definition) is 0. The average molecular weight is 140 g/mol. The Labute approximate surface area is 52.8 Å². The minimum absolute atomic E-state index is 0.741. The molecular formula is C5H10F2O2. The second-order valence-electron chi connectivity index (χ2n) is 1.76. The summed E-state index contributed by atoms with van der Waals surface area (Å²) in [5.41, 5.74) is 0. The average Bonchev–Trinajstić information content (AvgIpc) is 1.65. The van der Waals surface area contributed by atoms with Crippen LogP contribution in [0.2, 0.25) is 0 Å². The highest BCUT2D eigenvalue weighted by atomic mass is 19.3. The van der Waals surface area contributed by atoms with Crippen LogP contribution in [0.4, 0.5) is 8.78 Å². The van der Waals surface area contributed by atoms with Crippen molar-refractivity contribution in [1.82, 2.24) is 0 Å². The molecule has 0 N–H and O–H groups in total. The second-order valence-corrected chi connectivity index (χ2v) is 1.76. The van der Waals surface area contributed by atoms with Crippen molar-refractivity contribution in [3.05, 3.63) is 0 Å². The Morgan fingerprint density at radius 2 is 1.56 bits per heavy atom. The monoisotopic (exact) mass is 140 g/mol. The maximum atomic E-state index is 12.1. The fourth-order valence-electron chi connectivity index (χ4n) is 0.510. The number of halogens is 2. The molecule has 0 saturated heterocycles. The smallest absolute Gasteiger partial charge is 0.295 e. The predicted octanol–water partition coefficient (Wildman–Crippen LogP) is 1.26. The van der Waals surface area contributed by atoms with Crippen LogP contribution in [0.5, 0.6) is 0 Å². The van der Waals surface area contributed by atoms with Gasteiger partial charge in [-0.05, 0) is 0 Å². The van der Waals surface area contributed by atoms with Gasteiger partial charge >= 0.3 is 0 Å². The zero-order valence-electron chi connectivity index (χ0n) is 5.65. The van der Waals surface area contributed by atoms with Crippen LogP contribution in [0.25, 0.3) is 0 Å². The van der Waals surface area contributed by atoms with E-state index in [2.05, 4.69) is 9.47 Å². The van der Waals surface area contributed by atoms with Crippen molar-refractivity contribution in [3.63, 3.8) is 0 Å². The molecule has 56 valence electrons. The summed E-state index contributed by atoms with van der Waals surface area (Å²) in [4.78, 5) is 0. The highest BCUT2D eigenvalue weighted by molar-refractivity contribution is 4.61. The van der Waals surface area contributed by atoms with E-state index in [0.29, 0.717) is 0 Å². The molecule has 2 nitrogen and oxygen atoms in total. The maximum Gasteiger partial charge on any atom is 0.295 e. The summed E-state index contributed by atoms with van der Waals surface area (Å²) >= 11 is 0. The van der Waals surface area contributed by atoms with Crippen LogP contribution in [-0.2, 0) is 9.47 Å². The summed E-state index contributed by atoms with van der Waals surface area (Å²) in [7, 11) is 2.34. The Hall–Kier alpha value is -0.220. The molecule has 0 aliphatic heterocycles. The Bertz CT molecular complexity index is 75.5. The fourth-order valence-corrected chi connectivity index (χ4v) is 0.510. The molecule has 0 rings (SSSR count). The van der Waals surface area contributed by atoms with Gasteiger partial charge in [0.15, 0.2) is 0 Å². The second kappa shape index (κ2) is 3.08. The highest BCUT2D eigenvalue weighted by Crippen LogP contribution is 2.19. The van der Waals surface area contributed by atoms with Crippen molar-refractivity contribution in [2.75, 3.05) is 14.2 Å². The van der Waals surface area contributed by atoms with Crippen molar-refractivity contribution >= 4 is 0 Å². The summed E-state index contributed by atoms with van der Waals surface area (Å²) in [6.07, 6.45) is -1.43. The van der Waals surface area contributed by atoms with Crippen molar-refractivity contribution < 1.29 is 18.3 Å². The molecule has 0 atom stereocenters. The fraction of sp³-hybridized carbons (Fsp3) is 1.00. The Morgan fingerprint density at radius 3 is 1.56 bits per heavy atom. The third kappa shape index (κ3) is 2.72. The van der Waals surface area contributed by atoms with Gasteiger partial charge in [-0.2, -0.15) is 0 Å². The number of hydrogen-bond acceptors (Lipinski definition) is 2. The molecule has 9 heavy (non-hydrogen) atoms. The van der Waals surface area contributed by atoms with Gasteiger partial charge in [-0.1, -0.05) is 0 Å². The molecule has 0 aromatic carbocycles. The lowest BCUT2D eigenvalue weighted by atomic mass is 10.4. The molecule has 0 aromatic rings. The van der Waals surface area contributed by atoms with Crippen LogP contribution < -0.4 is 0 Å². The normalized spacial score (nSPS) is 12.7. The van der Waals surface area contributed by atoms with Gasteiger partial charge in [0.1, 0.15) is 0 Å². The van der Waals surface area contributed by atoms with Crippen molar-refractivity contribution in [2.45, 2.75) is 19.1 Å². The van der Waals surface area contributed by atoms with Gasteiger partial charge in [0.2, 0.25) is 6.29 Å². The van der Waals surface area contributed by atoms with Gasteiger partial charge in [0, 0.05) is 21.1 Å². The molecule has 0 spiro atoms. The summed E-state index contributed by atoms with van der Waals surface area (Å²) in [6, 6.07) is 0. The topological polar surface area (TPSA) is 18.5 Å². The molecule has 0 radical (unpaired) electrons. The SMILES string of the molecule is COC(OC)C(C)(F)F. The molecule has 0 amide bonds. The zero-order valence-corrected chi connectivity index (χ0v) is 5.65. The van der Waals surface area contributed by atoms with E-state index in [1.807, 2.05) is 0 Å². The molecule has 0 unspecified atom stereocenters. The van der Waals surface area contributed by atoms with Crippen molar-refractivity contribution in [1.29, 1.82) is 0 Å². The first-order chi connectivity index (χ1) is 4.02. The van der Waals surface area contributed by atoms with Gasteiger partial charge in [-0.15, -0.1) is 0 Å². The largest absolute Gasteiger partial charge is 0.351 e. The molecule has 0 bridgehead atoms. The number of alkyl halides is 2. The Balaban J connectivity index is 3.79. The van der Waals surface area contributed by atoms with Crippen LogP contribution in [-0.4, -0.2) is 26.4 Å². The minimum Gasteiger partial charge on any atom is -0.351 e. The van der Waals surface area contributed by atoms with E-state index in [1.54, 1.807) is 0 Å². The van der Waals surface area contributed by atoms with Gasteiger partial charge in [-0.25, -0.2) is 8.78 Å². The van der Waals surface area contributed by atoms with E-state index in [4.69, 9.17) is 0 Å². The predicted molar refractivity (Wildman–Crippen MR) is 28.4 cm³/mol. The van der Waals surface area contributed by atoms with Crippen LogP contribution in [0.1, 0.15) is 6.92 Å². The molecule has 0 aliphatic carbocycles. The van der Waals surface area contributed by atoms with Gasteiger partial charge in [0.05, 0.1) is 0 Å². The van der Waals surface area contributed by atoms with Gasteiger partial charge < -0.3 is 9.47 Å². The van der Waals surface area contributed by atoms with E-state index < -0.39 is 12.2 Å². The van der Waals surface area contributed by atoms with Crippen LogP contribution in [0.15, 0.2) is 0 Å². The van der Waals surface area contributed by atoms with Crippen molar-refractivity contribution in [2.24, 2.45) is 0 Å². The molecule has 0 fully saturated rings. The lowest BCUT2D eigenvalue weighted by molar-refractivity contribution is -0.227. The molecule has 4 heteroatoms. The van der Waals surface area contributed by atoms with Gasteiger partial charge in [0.25, 0.3) is 5.92 Å². The first-order valence-corrected chi connectivity index (χ1v) is 2.45. The molecular weight excluding hydrogens is 130 g/mol. The summed E-state index contributed by atoms with van der Waals surface area (Å²) in [6.45, 7) is 0.741. The van der Waals surface area contributed by atoms with E-state index >= 15 is 0 Å². The standard InChI is InChI=1S/C5H10F2O2/c1-5(6,7)4(8-2)9-3/h4H,1-3H3. The molecule has 0 saturated carbocycles. The number of rotatable bonds is 3. The number of methoxy groups -OCH3 is 2. The van der Waals surface area contributed by atoms with Crippen LogP contribution in [0, 0.1) is 0 Å². The van der Waals surface area contributed by atoms with E-state index in [9.17, 15) is 8.78 Å². The third-order valence-electron chi connectivity index (χ3n) is 0.842. The molecule has 0 heterocycles. The minimum atomic E-state index is -2.93. The Kier molecular flexibility index (Phi) is 3.00. The third-order valence-corrected chi connectivity index (χ3v) is 0.842. The van der Waals surface area contributed by atoms with E-state index in [0.717, 1.165) is 6.92 Å². The summed E-state index contributed by atoms with van der Waals surface area (Å²) in [5.74, 6) is -2.93. The highest BCUT2D eigenvalue weighted by Gasteiger charge is 2.34.